The van der Waals surface area contributed by atoms with Crippen molar-refractivity contribution in [1.82, 2.24) is 14.9 Å². The number of nitrogens with zero attached hydrogens (tertiary/aromatic N) is 1. The van der Waals surface area contributed by atoms with Gasteiger partial charge < -0.3 is 10.2 Å². The normalized spacial score (nSPS) is 19.0. The number of allylic oxidation sites excluding steroid dienone is 9. The van der Waals surface area contributed by atoms with E-state index in [1.165, 1.54) is 6.92 Å². The highest BCUT2D eigenvalue weighted by Gasteiger charge is 2.28. The Kier molecular flexibility index (Phi) is 8.49. The minimum Gasteiger partial charge on any atom is -0.343 e. The molecule has 2 aliphatic rings. The number of hydrogen-bond acceptors (Lipinski definition) is 4. The molecule has 1 fully saturated rings. The lowest BCUT2D eigenvalue weighted by molar-refractivity contribution is -0.133. The summed E-state index contributed by atoms with van der Waals surface area (Å²) in [4.78, 5) is 26.0. The van der Waals surface area contributed by atoms with Gasteiger partial charge in [0.2, 0.25) is 11.8 Å². The van der Waals surface area contributed by atoms with Crippen molar-refractivity contribution in [2.75, 3.05) is 13.1 Å². The zero-order valence-electron chi connectivity index (χ0n) is 17.4. The fourth-order valence-corrected chi connectivity index (χ4v) is 4.62. The molecule has 0 atom stereocenters. The maximum atomic E-state index is 13.0. The summed E-state index contributed by atoms with van der Waals surface area (Å²) in [5, 5.41) is 3.32. The van der Waals surface area contributed by atoms with Gasteiger partial charge in [0.25, 0.3) is 10.0 Å². The van der Waals surface area contributed by atoms with Crippen LogP contribution in [0.1, 0.15) is 40.0 Å². The highest BCUT2D eigenvalue weighted by atomic mass is 35.5. The zero-order valence-corrected chi connectivity index (χ0v) is 19.0. The first-order valence-corrected chi connectivity index (χ1v) is 11.6. The molecule has 2 N–H and O–H groups in total. The van der Waals surface area contributed by atoms with Crippen LogP contribution in [0.2, 0.25) is 0 Å². The van der Waals surface area contributed by atoms with Gasteiger partial charge in [-0.05, 0) is 44.9 Å². The van der Waals surface area contributed by atoms with Crippen LogP contribution in [0.3, 0.4) is 0 Å². The van der Waals surface area contributed by atoms with Crippen LogP contribution >= 0.6 is 11.6 Å². The van der Waals surface area contributed by atoms with E-state index in [1.807, 2.05) is 0 Å². The molecule has 7 nitrogen and oxygen atoms in total. The van der Waals surface area contributed by atoms with Gasteiger partial charge in [-0.25, -0.2) is 8.42 Å². The molecule has 164 valence electrons. The summed E-state index contributed by atoms with van der Waals surface area (Å²) in [7, 11) is -3.88. The number of rotatable bonds is 6. The molecule has 0 unspecified atom stereocenters. The maximum Gasteiger partial charge on any atom is 0.260 e. The quantitative estimate of drug-likeness (QED) is 0.604. The van der Waals surface area contributed by atoms with Gasteiger partial charge in [-0.3, -0.25) is 14.3 Å². The lowest BCUT2D eigenvalue weighted by Crippen LogP contribution is -2.42. The van der Waals surface area contributed by atoms with E-state index in [1.54, 1.807) is 55.2 Å². The molecule has 0 bridgehead atoms. The Balaban J connectivity index is 2.20. The summed E-state index contributed by atoms with van der Waals surface area (Å²) in [5.74, 6) is -0.509. The third-order valence-corrected chi connectivity index (χ3v) is 6.62. The number of amides is 2. The van der Waals surface area contributed by atoms with Crippen LogP contribution < -0.4 is 10.0 Å². The number of nitrogens with one attached hydrogen (secondary N) is 2. The van der Waals surface area contributed by atoms with E-state index in [4.69, 9.17) is 11.6 Å². The van der Waals surface area contributed by atoms with Crippen molar-refractivity contribution in [3.05, 3.63) is 57.8 Å². The minimum atomic E-state index is -3.88. The first kappa shape index (κ1) is 24.0. The zero-order chi connectivity index (χ0) is 22.3. The van der Waals surface area contributed by atoms with Gasteiger partial charge in [-0.15, -0.1) is 0 Å². The van der Waals surface area contributed by atoms with Gasteiger partial charge in [0, 0.05) is 43.1 Å². The van der Waals surface area contributed by atoms with Crippen LogP contribution in [-0.2, 0) is 19.6 Å². The van der Waals surface area contributed by atoms with Crippen LogP contribution in [0.4, 0.5) is 0 Å². The molecule has 1 saturated heterocycles. The molecule has 0 spiro atoms. The van der Waals surface area contributed by atoms with Crippen molar-refractivity contribution in [3.63, 3.8) is 0 Å². The molecule has 1 aliphatic carbocycles. The second kappa shape index (κ2) is 10.6. The fraction of sp³-hybridized carbons (Fsp3) is 0.429. The Hall–Kier alpha value is -2.32. The monoisotopic (exact) mass is 453 g/mol. The number of carbonyl (C=O) groups is 2. The first-order chi connectivity index (χ1) is 14.1. The highest BCUT2D eigenvalue weighted by Crippen LogP contribution is 2.22. The van der Waals surface area contributed by atoms with E-state index in [0.717, 1.165) is 0 Å². The number of sulfonamides is 1. The van der Waals surface area contributed by atoms with Gasteiger partial charge in [0.05, 0.1) is 10.6 Å². The van der Waals surface area contributed by atoms with E-state index < -0.39 is 10.0 Å². The molecule has 1 heterocycles. The average molecular weight is 454 g/mol. The van der Waals surface area contributed by atoms with E-state index in [0.29, 0.717) is 36.7 Å². The average Bonchev–Trinajstić information content (AvgIpc) is 2.92. The highest BCUT2D eigenvalue weighted by molar-refractivity contribution is 7.93. The minimum absolute atomic E-state index is 0.00331. The smallest absolute Gasteiger partial charge is 0.260 e. The number of carbonyl (C=O) groups excluding carboxylic acids is 2. The Morgan fingerprint density at radius 1 is 1.13 bits per heavy atom. The van der Waals surface area contributed by atoms with Crippen molar-refractivity contribution >= 4 is 33.4 Å². The van der Waals surface area contributed by atoms with E-state index in [-0.39, 0.29) is 34.8 Å². The standard InChI is InChI=1S/C21H28ClN3O4S/c1-15(22)9-10-16(2)24-30(28,29)20-8-6-4-5-7-19(20)23-21(27)18-11-13-25(14-12-18)17(3)26/h4-7,9-10,18,24H,8,11-14H2,1-3H3,(H,23,27)/b15-9+,16-10+. The van der Waals surface area contributed by atoms with Gasteiger partial charge in [0.15, 0.2) is 0 Å². The summed E-state index contributed by atoms with van der Waals surface area (Å²) in [5.41, 5.74) is 0.658. The molecule has 0 saturated carbocycles. The Morgan fingerprint density at radius 3 is 2.40 bits per heavy atom. The number of hydrogen-bond donors (Lipinski definition) is 2. The number of likely N-dealkylation sites (tertiary alicyclic amines) is 1. The summed E-state index contributed by atoms with van der Waals surface area (Å²) >= 11 is 5.79. The van der Waals surface area contributed by atoms with Crippen molar-refractivity contribution < 1.29 is 18.0 Å². The van der Waals surface area contributed by atoms with Crippen molar-refractivity contribution in [2.45, 2.75) is 40.0 Å². The van der Waals surface area contributed by atoms with Crippen LogP contribution in [0, 0.1) is 5.92 Å². The first-order valence-electron chi connectivity index (χ1n) is 9.76. The van der Waals surface area contributed by atoms with Crippen LogP contribution in [0.5, 0.6) is 0 Å². The van der Waals surface area contributed by atoms with Gasteiger partial charge >= 0.3 is 0 Å². The summed E-state index contributed by atoms with van der Waals surface area (Å²) in [6, 6.07) is 0. The predicted octanol–water partition coefficient (Wildman–Crippen LogP) is 3.05. The van der Waals surface area contributed by atoms with Crippen molar-refractivity contribution in [2.24, 2.45) is 5.92 Å². The SMILES string of the molecule is CC(=O)N1CCC(C(=O)NC2=C(S(=O)(=O)N/C(C)=C/C=C(\C)Cl)CC=CC=C2)CC1. The topological polar surface area (TPSA) is 95.6 Å². The molecule has 1 aliphatic heterocycles. The number of halogens is 1. The molecule has 30 heavy (non-hydrogen) atoms. The van der Waals surface area contributed by atoms with Crippen molar-refractivity contribution in [3.8, 4) is 0 Å². The van der Waals surface area contributed by atoms with Gasteiger partial charge in [-0.2, -0.15) is 0 Å². The Morgan fingerprint density at radius 2 is 1.80 bits per heavy atom. The summed E-state index contributed by atoms with van der Waals surface area (Å²) in [6.07, 6.45) is 11.2. The molecule has 0 aromatic rings. The molecule has 9 heteroatoms. The predicted molar refractivity (Wildman–Crippen MR) is 118 cm³/mol. The summed E-state index contributed by atoms with van der Waals surface area (Å²) < 4.78 is 28.4. The Bertz CT molecular complexity index is 933. The Labute approximate surface area is 183 Å². The molecule has 0 aromatic carbocycles. The van der Waals surface area contributed by atoms with Crippen LogP contribution in [0.25, 0.3) is 0 Å². The fourth-order valence-electron chi connectivity index (χ4n) is 3.21. The van der Waals surface area contributed by atoms with Crippen molar-refractivity contribution in [1.29, 1.82) is 0 Å². The number of piperidine rings is 1. The second-order valence-electron chi connectivity index (χ2n) is 7.31. The second-order valence-corrected chi connectivity index (χ2v) is 9.61. The molecule has 2 amide bonds. The summed E-state index contributed by atoms with van der Waals surface area (Å²) in [6.45, 7) is 5.87. The molecular formula is C21H28ClN3O4S. The van der Waals surface area contributed by atoms with Crippen LogP contribution in [0.15, 0.2) is 57.8 Å². The van der Waals surface area contributed by atoms with Crippen LogP contribution in [-0.4, -0.2) is 38.2 Å². The third-order valence-electron chi connectivity index (χ3n) is 4.87. The maximum absolute atomic E-state index is 13.0. The molecule has 0 radical (unpaired) electrons. The largest absolute Gasteiger partial charge is 0.343 e. The lowest BCUT2D eigenvalue weighted by Gasteiger charge is -2.30. The van der Waals surface area contributed by atoms with Gasteiger partial charge in [0.1, 0.15) is 0 Å². The molecular weight excluding hydrogens is 426 g/mol. The van der Waals surface area contributed by atoms with Gasteiger partial charge in [-0.1, -0.05) is 29.8 Å². The molecule has 0 aromatic heterocycles. The third kappa shape index (κ3) is 6.88. The van der Waals surface area contributed by atoms with E-state index in [9.17, 15) is 18.0 Å². The van der Waals surface area contributed by atoms with E-state index in [2.05, 4.69) is 10.0 Å². The van der Waals surface area contributed by atoms with E-state index >= 15 is 0 Å². The molecule has 2 rings (SSSR count). The lowest BCUT2D eigenvalue weighted by atomic mass is 9.95.